The molecule has 2 atom stereocenters. The molecular formula is C16H25NO. The Morgan fingerprint density at radius 1 is 1.28 bits per heavy atom. The summed E-state index contributed by atoms with van der Waals surface area (Å²) in [4.78, 5) is 0. The standard InChI is InChI=1S/C16H25NO/c1-12(8-9-18-3)16(17-2)15-10-13-6-4-5-7-14(13)11-15/h4-7,12,15-17H,8-11H2,1-3H3. The summed E-state index contributed by atoms with van der Waals surface area (Å²) in [5.41, 5.74) is 3.09. The van der Waals surface area contributed by atoms with Crippen LogP contribution in [0, 0.1) is 11.8 Å². The minimum Gasteiger partial charge on any atom is -0.385 e. The lowest BCUT2D eigenvalue weighted by atomic mass is 9.85. The van der Waals surface area contributed by atoms with Crippen LogP contribution in [0.4, 0.5) is 0 Å². The fourth-order valence-electron chi connectivity index (χ4n) is 3.31. The molecule has 0 saturated heterocycles. The Hall–Kier alpha value is -0.860. The second-order valence-corrected chi connectivity index (χ2v) is 5.51. The highest BCUT2D eigenvalue weighted by molar-refractivity contribution is 5.32. The Labute approximate surface area is 111 Å². The largest absolute Gasteiger partial charge is 0.385 e. The zero-order chi connectivity index (χ0) is 13.0. The molecule has 2 heteroatoms. The average Bonchev–Trinajstić information content (AvgIpc) is 2.80. The van der Waals surface area contributed by atoms with Gasteiger partial charge in [-0.1, -0.05) is 31.2 Å². The van der Waals surface area contributed by atoms with E-state index in [1.807, 2.05) is 0 Å². The molecule has 0 amide bonds. The second kappa shape index (κ2) is 6.35. The fraction of sp³-hybridized carbons (Fsp3) is 0.625. The van der Waals surface area contributed by atoms with Crippen molar-refractivity contribution in [3.8, 4) is 0 Å². The highest BCUT2D eigenvalue weighted by Gasteiger charge is 2.30. The van der Waals surface area contributed by atoms with Crippen molar-refractivity contribution in [2.75, 3.05) is 20.8 Å². The van der Waals surface area contributed by atoms with E-state index in [1.54, 1.807) is 18.2 Å². The molecule has 0 radical (unpaired) electrons. The number of rotatable bonds is 6. The number of ether oxygens (including phenoxy) is 1. The summed E-state index contributed by atoms with van der Waals surface area (Å²) in [7, 11) is 3.88. The summed E-state index contributed by atoms with van der Waals surface area (Å²) in [6, 6.07) is 9.46. The number of fused-ring (bicyclic) bond motifs is 1. The molecule has 2 unspecified atom stereocenters. The SMILES string of the molecule is CNC(C(C)CCOC)C1Cc2ccccc2C1. The van der Waals surface area contributed by atoms with Crippen molar-refractivity contribution in [2.45, 2.75) is 32.2 Å². The van der Waals surface area contributed by atoms with Gasteiger partial charge >= 0.3 is 0 Å². The summed E-state index contributed by atoms with van der Waals surface area (Å²) < 4.78 is 5.20. The first-order chi connectivity index (χ1) is 8.76. The van der Waals surface area contributed by atoms with E-state index in [1.165, 1.54) is 12.8 Å². The van der Waals surface area contributed by atoms with Gasteiger partial charge in [0.25, 0.3) is 0 Å². The average molecular weight is 247 g/mol. The molecule has 1 aromatic rings. The maximum Gasteiger partial charge on any atom is 0.0465 e. The van der Waals surface area contributed by atoms with E-state index in [-0.39, 0.29) is 0 Å². The molecule has 2 nitrogen and oxygen atoms in total. The van der Waals surface area contributed by atoms with Gasteiger partial charge in [0.1, 0.15) is 0 Å². The lowest BCUT2D eigenvalue weighted by molar-refractivity contribution is 0.161. The maximum absolute atomic E-state index is 5.20. The highest BCUT2D eigenvalue weighted by Crippen LogP contribution is 2.31. The van der Waals surface area contributed by atoms with E-state index in [2.05, 4.69) is 43.6 Å². The predicted molar refractivity (Wildman–Crippen MR) is 75.8 cm³/mol. The van der Waals surface area contributed by atoms with Gasteiger partial charge in [0, 0.05) is 19.8 Å². The number of hydrogen-bond donors (Lipinski definition) is 1. The lowest BCUT2D eigenvalue weighted by Crippen LogP contribution is -2.40. The molecule has 0 spiro atoms. The van der Waals surface area contributed by atoms with Crippen molar-refractivity contribution in [1.29, 1.82) is 0 Å². The van der Waals surface area contributed by atoms with Gasteiger partial charge < -0.3 is 10.1 Å². The van der Waals surface area contributed by atoms with E-state index < -0.39 is 0 Å². The van der Waals surface area contributed by atoms with Gasteiger partial charge in [-0.15, -0.1) is 0 Å². The quantitative estimate of drug-likeness (QED) is 0.834. The van der Waals surface area contributed by atoms with Crippen LogP contribution in [-0.2, 0) is 17.6 Å². The third-order valence-corrected chi connectivity index (χ3v) is 4.31. The highest BCUT2D eigenvalue weighted by atomic mass is 16.5. The van der Waals surface area contributed by atoms with Gasteiger partial charge in [-0.25, -0.2) is 0 Å². The van der Waals surface area contributed by atoms with Crippen LogP contribution < -0.4 is 5.32 Å². The van der Waals surface area contributed by atoms with E-state index >= 15 is 0 Å². The molecule has 18 heavy (non-hydrogen) atoms. The van der Waals surface area contributed by atoms with Gasteiger partial charge in [0.15, 0.2) is 0 Å². The zero-order valence-electron chi connectivity index (χ0n) is 11.8. The molecular weight excluding hydrogens is 222 g/mol. The van der Waals surface area contributed by atoms with Crippen molar-refractivity contribution in [3.05, 3.63) is 35.4 Å². The second-order valence-electron chi connectivity index (χ2n) is 5.51. The molecule has 0 aliphatic heterocycles. The molecule has 1 aliphatic rings. The molecule has 100 valence electrons. The predicted octanol–water partition coefficient (Wildman–Crippen LogP) is 2.66. The minimum absolute atomic E-state index is 0.590. The number of methoxy groups -OCH3 is 1. The fourth-order valence-corrected chi connectivity index (χ4v) is 3.31. The first-order valence-electron chi connectivity index (χ1n) is 6.99. The van der Waals surface area contributed by atoms with Crippen LogP contribution in [0.15, 0.2) is 24.3 Å². The maximum atomic E-state index is 5.20. The summed E-state index contributed by atoms with van der Waals surface area (Å²) >= 11 is 0. The summed E-state index contributed by atoms with van der Waals surface area (Å²) in [6.45, 7) is 3.20. The third kappa shape index (κ3) is 2.93. The summed E-state index contributed by atoms with van der Waals surface area (Å²) in [5.74, 6) is 1.40. The van der Waals surface area contributed by atoms with Crippen molar-refractivity contribution in [3.63, 3.8) is 0 Å². The van der Waals surface area contributed by atoms with Gasteiger partial charge in [-0.3, -0.25) is 0 Å². The van der Waals surface area contributed by atoms with Crippen molar-refractivity contribution >= 4 is 0 Å². The Balaban J connectivity index is 1.99. The smallest absolute Gasteiger partial charge is 0.0465 e. The third-order valence-electron chi connectivity index (χ3n) is 4.31. The Kier molecular flexibility index (Phi) is 4.79. The van der Waals surface area contributed by atoms with Gasteiger partial charge in [0.05, 0.1) is 0 Å². The van der Waals surface area contributed by atoms with Crippen LogP contribution in [0.5, 0.6) is 0 Å². The Bertz CT molecular complexity index is 352. The topological polar surface area (TPSA) is 21.3 Å². The lowest BCUT2D eigenvalue weighted by Gasteiger charge is -2.29. The number of nitrogens with one attached hydrogen (secondary N) is 1. The first kappa shape index (κ1) is 13.6. The molecule has 1 N–H and O–H groups in total. The molecule has 0 saturated carbocycles. The van der Waals surface area contributed by atoms with Gasteiger partial charge in [-0.05, 0) is 49.3 Å². The van der Waals surface area contributed by atoms with Crippen LogP contribution in [0.3, 0.4) is 0 Å². The van der Waals surface area contributed by atoms with Crippen LogP contribution in [0.2, 0.25) is 0 Å². The number of hydrogen-bond acceptors (Lipinski definition) is 2. The van der Waals surface area contributed by atoms with Crippen LogP contribution in [-0.4, -0.2) is 26.8 Å². The monoisotopic (exact) mass is 247 g/mol. The van der Waals surface area contributed by atoms with E-state index in [0.29, 0.717) is 12.0 Å². The molecule has 0 bridgehead atoms. The van der Waals surface area contributed by atoms with Crippen molar-refractivity contribution < 1.29 is 4.74 Å². The Morgan fingerprint density at radius 2 is 1.89 bits per heavy atom. The molecule has 1 aromatic carbocycles. The van der Waals surface area contributed by atoms with Gasteiger partial charge in [0.2, 0.25) is 0 Å². The van der Waals surface area contributed by atoms with Crippen molar-refractivity contribution in [1.82, 2.24) is 5.32 Å². The van der Waals surface area contributed by atoms with Crippen LogP contribution in [0.25, 0.3) is 0 Å². The Morgan fingerprint density at radius 3 is 2.39 bits per heavy atom. The normalized spacial score (nSPS) is 18.6. The molecule has 0 aromatic heterocycles. The molecule has 1 aliphatic carbocycles. The summed E-state index contributed by atoms with van der Waals surface area (Å²) in [6.07, 6.45) is 3.58. The summed E-state index contributed by atoms with van der Waals surface area (Å²) in [5, 5.41) is 3.53. The van der Waals surface area contributed by atoms with Crippen LogP contribution in [0.1, 0.15) is 24.5 Å². The van der Waals surface area contributed by atoms with E-state index in [4.69, 9.17) is 4.74 Å². The first-order valence-corrected chi connectivity index (χ1v) is 6.99. The molecule has 2 rings (SSSR count). The van der Waals surface area contributed by atoms with E-state index in [0.717, 1.165) is 18.9 Å². The van der Waals surface area contributed by atoms with E-state index in [9.17, 15) is 0 Å². The number of benzene rings is 1. The zero-order valence-corrected chi connectivity index (χ0v) is 11.8. The molecule has 0 heterocycles. The van der Waals surface area contributed by atoms with Crippen molar-refractivity contribution in [2.24, 2.45) is 11.8 Å². The minimum atomic E-state index is 0.590. The van der Waals surface area contributed by atoms with Gasteiger partial charge in [-0.2, -0.15) is 0 Å². The molecule has 0 fully saturated rings. The van der Waals surface area contributed by atoms with Crippen LogP contribution >= 0.6 is 0 Å².